The van der Waals surface area contributed by atoms with Crippen molar-refractivity contribution in [3.8, 4) is 0 Å². The normalized spacial score (nSPS) is 25.0. The molecule has 1 rings (SSSR count). The van der Waals surface area contributed by atoms with Gasteiger partial charge in [-0.1, -0.05) is 6.08 Å². The van der Waals surface area contributed by atoms with E-state index in [2.05, 4.69) is 11.9 Å². The predicted molar refractivity (Wildman–Crippen MR) is 42.4 cm³/mol. The maximum Gasteiger partial charge on any atom is 0.0734 e. The van der Waals surface area contributed by atoms with Gasteiger partial charge in [-0.2, -0.15) is 0 Å². The van der Waals surface area contributed by atoms with Gasteiger partial charge in [0.15, 0.2) is 0 Å². The van der Waals surface area contributed by atoms with Crippen LogP contribution in [0.15, 0.2) is 12.7 Å². The van der Waals surface area contributed by atoms with Crippen LogP contribution in [0.25, 0.3) is 0 Å². The van der Waals surface area contributed by atoms with Crippen molar-refractivity contribution < 1.29 is 4.74 Å². The summed E-state index contributed by atoms with van der Waals surface area (Å²) in [5.41, 5.74) is 0. The summed E-state index contributed by atoms with van der Waals surface area (Å²) in [6.07, 6.45) is 3.24. The Morgan fingerprint density at radius 2 is 2.50 bits per heavy atom. The molecule has 0 bridgehead atoms. The molecular formula is C7H16N2O. The summed E-state index contributed by atoms with van der Waals surface area (Å²) in [6, 6.07) is 0. The summed E-state index contributed by atoms with van der Waals surface area (Å²) >= 11 is 0. The van der Waals surface area contributed by atoms with E-state index in [1.54, 1.807) is 0 Å². The van der Waals surface area contributed by atoms with Gasteiger partial charge in [0.2, 0.25) is 0 Å². The Morgan fingerprint density at radius 3 is 3.00 bits per heavy atom. The van der Waals surface area contributed by atoms with E-state index in [-0.39, 0.29) is 6.15 Å². The molecule has 60 valence electrons. The molecule has 0 aliphatic carbocycles. The second-order valence-electron chi connectivity index (χ2n) is 2.22. The molecule has 1 aliphatic heterocycles. The summed E-state index contributed by atoms with van der Waals surface area (Å²) in [5.74, 6) is 0. The predicted octanol–water partition coefficient (Wildman–Crippen LogP) is 0.713. The van der Waals surface area contributed by atoms with Crippen molar-refractivity contribution in [2.75, 3.05) is 19.7 Å². The van der Waals surface area contributed by atoms with Crippen molar-refractivity contribution >= 4 is 0 Å². The molecule has 1 atom stereocenters. The van der Waals surface area contributed by atoms with Crippen LogP contribution in [0, 0.1) is 0 Å². The second kappa shape index (κ2) is 5.41. The van der Waals surface area contributed by atoms with Crippen molar-refractivity contribution in [3.05, 3.63) is 12.7 Å². The SMILES string of the molecule is C=CCC1CNCCO1.N. The maximum atomic E-state index is 5.38. The summed E-state index contributed by atoms with van der Waals surface area (Å²) in [4.78, 5) is 0. The Labute approximate surface area is 62.0 Å². The fourth-order valence-corrected chi connectivity index (χ4v) is 0.957. The summed E-state index contributed by atoms with van der Waals surface area (Å²) < 4.78 is 5.38. The molecule has 0 aromatic rings. The van der Waals surface area contributed by atoms with E-state index in [1.807, 2.05) is 6.08 Å². The largest absolute Gasteiger partial charge is 0.375 e. The van der Waals surface area contributed by atoms with Crippen molar-refractivity contribution in [1.82, 2.24) is 11.5 Å². The Morgan fingerprint density at radius 1 is 1.70 bits per heavy atom. The molecule has 4 N–H and O–H groups in total. The lowest BCUT2D eigenvalue weighted by atomic mass is 10.2. The summed E-state index contributed by atoms with van der Waals surface area (Å²) in [7, 11) is 0. The van der Waals surface area contributed by atoms with E-state index in [9.17, 15) is 0 Å². The number of hydrogen-bond acceptors (Lipinski definition) is 3. The van der Waals surface area contributed by atoms with E-state index in [0.29, 0.717) is 6.10 Å². The molecule has 1 unspecified atom stereocenters. The molecule has 3 nitrogen and oxygen atoms in total. The first-order valence-corrected chi connectivity index (χ1v) is 3.36. The number of morpholine rings is 1. The summed E-state index contributed by atoms with van der Waals surface area (Å²) in [6.45, 7) is 6.46. The third-order valence-electron chi connectivity index (χ3n) is 1.43. The van der Waals surface area contributed by atoms with Gasteiger partial charge < -0.3 is 16.2 Å². The lowest BCUT2D eigenvalue weighted by Gasteiger charge is -2.21. The molecule has 1 fully saturated rings. The Kier molecular flexibility index (Phi) is 5.20. The number of rotatable bonds is 2. The molecule has 1 saturated heterocycles. The number of hydrogen-bond donors (Lipinski definition) is 2. The quantitative estimate of drug-likeness (QED) is 0.561. The highest BCUT2D eigenvalue weighted by Gasteiger charge is 2.09. The van der Waals surface area contributed by atoms with Crippen LogP contribution in [0.4, 0.5) is 0 Å². The molecule has 0 saturated carbocycles. The van der Waals surface area contributed by atoms with Crippen LogP contribution in [0.5, 0.6) is 0 Å². The van der Waals surface area contributed by atoms with E-state index in [0.717, 1.165) is 26.1 Å². The van der Waals surface area contributed by atoms with Gasteiger partial charge in [-0.3, -0.25) is 0 Å². The second-order valence-corrected chi connectivity index (χ2v) is 2.22. The first kappa shape index (κ1) is 9.62. The number of ether oxygens (including phenoxy) is 1. The van der Waals surface area contributed by atoms with Crippen LogP contribution in [0.1, 0.15) is 6.42 Å². The molecule has 1 aliphatic rings. The van der Waals surface area contributed by atoms with Crippen LogP contribution in [0.2, 0.25) is 0 Å². The molecule has 0 aromatic carbocycles. The zero-order chi connectivity index (χ0) is 6.53. The third kappa shape index (κ3) is 2.96. The maximum absolute atomic E-state index is 5.38. The van der Waals surface area contributed by atoms with E-state index in [1.165, 1.54) is 0 Å². The first-order chi connectivity index (χ1) is 4.43. The van der Waals surface area contributed by atoms with Gasteiger partial charge in [0.05, 0.1) is 12.7 Å². The van der Waals surface area contributed by atoms with Crippen molar-refractivity contribution in [2.24, 2.45) is 0 Å². The van der Waals surface area contributed by atoms with Crippen LogP contribution in [-0.2, 0) is 4.74 Å². The van der Waals surface area contributed by atoms with Gasteiger partial charge in [-0.05, 0) is 6.42 Å². The molecule has 10 heavy (non-hydrogen) atoms. The molecule has 1 heterocycles. The molecule has 0 amide bonds. The van der Waals surface area contributed by atoms with Gasteiger partial charge in [0, 0.05) is 13.1 Å². The fourth-order valence-electron chi connectivity index (χ4n) is 0.957. The van der Waals surface area contributed by atoms with E-state index in [4.69, 9.17) is 4.74 Å². The standard InChI is InChI=1S/C7H13NO.H3N/c1-2-3-7-6-8-4-5-9-7;/h2,7-8H,1,3-6H2;1H3. The molecule has 0 aromatic heterocycles. The molecule has 0 spiro atoms. The van der Waals surface area contributed by atoms with Gasteiger partial charge in [0.25, 0.3) is 0 Å². The van der Waals surface area contributed by atoms with E-state index < -0.39 is 0 Å². The van der Waals surface area contributed by atoms with E-state index >= 15 is 0 Å². The van der Waals surface area contributed by atoms with Crippen LogP contribution < -0.4 is 11.5 Å². The smallest absolute Gasteiger partial charge is 0.0734 e. The monoisotopic (exact) mass is 144 g/mol. The Hall–Kier alpha value is -0.380. The number of nitrogens with one attached hydrogen (secondary N) is 1. The molecule has 0 radical (unpaired) electrons. The van der Waals surface area contributed by atoms with Crippen LogP contribution in [0.3, 0.4) is 0 Å². The lowest BCUT2D eigenvalue weighted by Crippen LogP contribution is -2.38. The van der Waals surface area contributed by atoms with Gasteiger partial charge in [-0.15, -0.1) is 6.58 Å². The van der Waals surface area contributed by atoms with Gasteiger partial charge in [0.1, 0.15) is 0 Å². The zero-order valence-corrected chi connectivity index (χ0v) is 6.31. The minimum atomic E-state index is 0. The highest BCUT2D eigenvalue weighted by Crippen LogP contribution is 2.00. The topological polar surface area (TPSA) is 56.3 Å². The average Bonchev–Trinajstić information content (AvgIpc) is 1.91. The molecular weight excluding hydrogens is 128 g/mol. The lowest BCUT2D eigenvalue weighted by molar-refractivity contribution is 0.0309. The Bertz CT molecular complexity index is 89.6. The summed E-state index contributed by atoms with van der Waals surface area (Å²) in [5, 5.41) is 3.25. The van der Waals surface area contributed by atoms with Crippen molar-refractivity contribution in [1.29, 1.82) is 0 Å². The van der Waals surface area contributed by atoms with Crippen LogP contribution >= 0.6 is 0 Å². The highest BCUT2D eigenvalue weighted by atomic mass is 16.5. The zero-order valence-electron chi connectivity index (χ0n) is 6.31. The van der Waals surface area contributed by atoms with Crippen molar-refractivity contribution in [3.63, 3.8) is 0 Å². The molecule has 3 heteroatoms. The average molecular weight is 144 g/mol. The minimum absolute atomic E-state index is 0. The first-order valence-electron chi connectivity index (χ1n) is 3.36. The van der Waals surface area contributed by atoms with Crippen LogP contribution in [-0.4, -0.2) is 25.8 Å². The third-order valence-corrected chi connectivity index (χ3v) is 1.43. The van der Waals surface area contributed by atoms with Gasteiger partial charge >= 0.3 is 0 Å². The Balaban J connectivity index is 0.000000810. The highest BCUT2D eigenvalue weighted by molar-refractivity contribution is 4.76. The van der Waals surface area contributed by atoms with Gasteiger partial charge in [-0.25, -0.2) is 0 Å². The van der Waals surface area contributed by atoms with Crippen molar-refractivity contribution in [2.45, 2.75) is 12.5 Å². The minimum Gasteiger partial charge on any atom is -0.375 e. The fraction of sp³-hybridized carbons (Fsp3) is 0.714.